The Morgan fingerprint density at radius 1 is 0.373 bits per heavy atom. The van der Waals surface area contributed by atoms with Crippen molar-refractivity contribution in [2.45, 2.75) is 37.5 Å². The van der Waals surface area contributed by atoms with E-state index in [1.54, 1.807) is 11.1 Å². The van der Waals surface area contributed by atoms with Crippen LogP contribution in [0.5, 0.6) is 0 Å². The fourth-order valence-corrected chi connectivity index (χ4v) is 11.4. The minimum atomic E-state index is 0.219. The molecule has 0 radical (unpaired) electrons. The van der Waals surface area contributed by atoms with Crippen molar-refractivity contribution in [3.63, 3.8) is 0 Å². The average Bonchev–Trinajstić information content (AvgIpc) is 3.48. The first kappa shape index (κ1) is 29.3. The van der Waals surface area contributed by atoms with Gasteiger partial charge in [-0.3, -0.25) is 0 Å². The third kappa shape index (κ3) is 4.47. The predicted octanol–water partition coefficient (Wildman–Crippen LogP) is 13.4. The van der Waals surface area contributed by atoms with Gasteiger partial charge in [-0.25, -0.2) is 0 Å². The van der Waals surface area contributed by atoms with Gasteiger partial charge in [-0.15, -0.1) is 0 Å². The second kappa shape index (κ2) is 11.3. The quantitative estimate of drug-likeness (QED) is 0.178. The summed E-state index contributed by atoms with van der Waals surface area (Å²) in [6.07, 6.45) is 7.18. The van der Waals surface area contributed by atoms with Crippen molar-refractivity contribution >= 4 is 27.8 Å². The maximum Gasteiger partial charge on any atom is 0.0468 e. The molecule has 1 heteroatoms. The Kier molecular flexibility index (Phi) is 6.50. The lowest BCUT2D eigenvalue weighted by Crippen LogP contribution is -2.55. The summed E-state index contributed by atoms with van der Waals surface area (Å²) < 4.78 is 0. The molecule has 0 heterocycles. The molecule has 0 saturated heterocycles. The van der Waals surface area contributed by atoms with Gasteiger partial charge in [0.2, 0.25) is 0 Å². The zero-order valence-corrected chi connectivity index (χ0v) is 28.9. The first-order valence-corrected chi connectivity index (χ1v) is 19.0. The summed E-state index contributed by atoms with van der Waals surface area (Å²) in [6.45, 7) is 0. The van der Waals surface area contributed by atoms with Gasteiger partial charge in [0.05, 0.1) is 0 Å². The largest absolute Gasteiger partial charge is 0.310 e. The molecule has 7 aromatic rings. The summed E-state index contributed by atoms with van der Waals surface area (Å²) in [7, 11) is 0. The Bertz CT molecular complexity index is 2410. The van der Waals surface area contributed by atoms with Gasteiger partial charge in [-0.1, -0.05) is 121 Å². The van der Waals surface area contributed by atoms with Crippen molar-refractivity contribution in [1.82, 2.24) is 0 Å². The summed E-state index contributed by atoms with van der Waals surface area (Å²) >= 11 is 0. The number of benzene rings is 7. The Balaban J connectivity index is 0.998. The highest BCUT2D eigenvalue weighted by Gasteiger charge is 2.61. The van der Waals surface area contributed by atoms with Crippen molar-refractivity contribution < 1.29 is 0 Å². The maximum absolute atomic E-state index is 2.54. The lowest BCUT2D eigenvalue weighted by Gasteiger charge is -2.61. The van der Waals surface area contributed by atoms with Crippen LogP contribution in [0.2, 0.25) is 0 Å². The summed E-state index contributed by atoms with van der Waals surface area (Å²) in [5.41, 5.74) is 14.9. The fourth-order valence-electron chi connectivity index (χ4n) is 11.4. The molecule has 7 aromatic carbocycles. The Morgan fingerprint density at radius 2 is 0.961 bits per heavy atom. The lowest BCUT2D eigenvalue weighted by atomic mass is 9.43. The molecular formula is C50H41N. The first-order valence-electron chi connectivity index (χ1n) is 19.0. The van der Waals surface area contributed by atoms with E-state index in [9.17, 15) is 0 Å². The third-order valence-electron chi connectivity index (χ3n) is 13.2. The first-order chi connectivity index (χ1) is 25.2. The van der Waals surface area contributed by atoms with E-state index in [-0.39, 0.29) is 5.41 Å². The molecule has 4 bridgehead atoms. The van der Waals surface area contributed by atoms with Crippen molar-refractivity contribution in [2.24, 2.45) is 23.7 Å². The monoisotopic (exact) mass is 655 g/mol. The third-order valence-corrected chi connectivity index (χ3v) is 13.2. The van der Waals surface area contributed by atoms with Crippen molar-refractivity contribution in [1.29, 1.82) is 0 Å². The van der Waals surface area contributed by atoms with Crippen molar-refractivity contribution in [3.05, 3.63) is 175 Å². The average molecular weight is 656 g/mol. The van der Waals surface area contributed by atoms with Crippen LogP contribution in [0.15, 0.2) is 164 Å². The summed E-state index contributed by atoms with van der Waals surface area (Å²) in [5, 5.41) is 2.49. The zero-order chi connectivity index (χ0) is 33.5. The molecule has 4 saturated carbocycles. The fraction of sp³-hybridized carbons (Fsp3) is 0.200. The van der Waals surface area contributed by atoms with E-state index >= 15 is 0 Å². The zero-order valence-electron chi connectivity index (χ0n) is 28.9. The standard InChI is InChI=1S/C50H41N/c1-2-9-35(10-3-1)39-13-8-14-44(30-39)51(45-23-19-36-11-4-5-12-38(36)31-45)43-21-17-37(18-22-43)40-20-24-49-47(32-40)46-15-6-7-16-48(46)50(49)41-26-33-25-34(28-41)29-42(50)27-33/h1-24,30-34,41-42H,25-29H2. The molecule has 0 amide bonds. The number of hydrogen-bond donors (Lipinski definition) is 0. The van der Waals surface area contributed by atoms with Gasteiger partial charge in [0.25, 0.3) is 0 Å². The van der Waals surface area contributed by atoms with E-state index in [4.69, 9.17) is 0 Å². The van der Waals surface area contributed by atoms with E-state index in [2.05, 4.69) is 169 Å². The molecule has 1 spiro atoms. The maximum atomic E-state index is 2.54. The highest BCUT2D eigenvalue weighted by Crippen LogP contribution is 2.69. The van der Waals surface area contributed by atoms with Crippen molar-refractivity contribution in [2.75, 3.05) is 4.90 Å². The van der Waals surface area contributed by atoms with E-state index in [1.165, 1.54) is 76.3 Å². The molecule has 0 N–H and O–H groups in total. The van der Waals surface area contributed by atoms with Gasteiger partial charge in [-0.05, 0) is 154 Å². The van der Waals surface area contributed by atoms with E-state index < -0.39 is 0 Å². The van der Waals surface area contributed by atoms with Gasteiger partial charge in [0.15, 0.2) is 0 Å². The van der Waals surface area contributed by atoms with E-state index in [1.807, 2.05) is 0 Å². The molecule has 5 aliphatic rings. The molecule has 0 aromatic heterocycles. The molecule has 51 heavy (non-hydrogen) atoms. The molecule has 1 nitrogen and oxygen atoms in total. The minimum Gasteiger partial charge on any atom is -0.310 e. The molecule has 12 rings (SSSR count). The van der Waals surface area contributed by atoms with Gasteiger partial charge in [0.1, 0.15) is 0 Å². The van der Waals surface area contributed by atoms with Crippen LogP contribution in [0.1, 0.15) is 43.2 Å². The second-order valence-corrected chi connectivity index (χ2v) is 15.8. The molecule has 5 aliphatic carbocycles. The van der Waals surface area contributed by atoms with Crippen molar-refractivity contribution in [3.8, 4) is 33.4 Å². The van der Waals surface area contributed by atoms with Crippen LogP contribution in [0, 0.1) is 23.7 Å². The van der Waals surface area contributed by atoms with Gasteiger partial charge < -0.3 is 4.90 Å². The topological polar surface area (TPSA) is 3.24 Å². The number of anilines is 3. The number of hydrogen-bond acceptors (Lipinski definition) is 1. The summed E-state index contributed by atoms with van der Waals surface area (Å²) in [5.74, 6) is 3.51. The van der Waals surface area contributed by atoms with Crippen LogP contribution in [0.25, 0.3) is 44.2 Å². The normalized spacial score (nSPS) is 23.8. The smallest absolute Gasteiger partial charge is 0.0468 e. The Morgan fingerprint density at radius 3 is 1.76 bits per heavy atom. The summed E-state index contributed by atoms with van der Waals surface area (Å²) in [4.78, 5) is 2.40. The molecule has 246 valence electrons. The molecular weight excluding hydrogens is 615 g/mol. The number of rotatable bonds is 5. The second-order valence-electron chi connectivity index (χ2n) is 15.8. The minimum absolute atomic E-state index is 0.219. The van der Waals surface area contributed by atoms with Crippen LogP contribution < -0.4 is 4.90 Å². The molecule has 0 aliphatic heterocycles. The highest BCUT2D eigenvalue weighted by atomic mass is 15.1. The van der Waals surface area contributed by atoms with Crippen LogP contribution >= 0.6 is 0 Å². The van der Waals surface area contributed by atoms with E-state index in [0.717, 1.165) is 40.7 Å². The van der Waals surface area contributed by atoms with Crippen LogP contribution in [0.4, 0.5) is 17.1 Å². The summed E-state index contributed by atoms with van der Waals surface area (Å²) in [6, 6.07) is 61.3. The van der Waals surface area contributed by atoms with E-state index in [0.29, 0.717) is 0 Å². The van der Waals surface area contributed by atoms with Crippen LogP contribution in [-0.2, 0) is 5.41 Å². The van der Waals surface area contributed by atoms with Gasteiger partial charge in [0, 0.05) is 22.5 Å². The SMILES string of the molecule is c1ccc(-c2cccc(N(c3ccc(-c4ccc5c(c4)-c4ccccc4C54C5CC6CC(C5)CC4C6)cc3)c3ccc4ccccc4c3)c2)cc1. The van der Waals surface area contributed by atoms with Gasteiger partial charge >= 0.3 is 0 Å². The Labute approximate surface area is 301 Å². The van der Waals surface area contributed by atoms with Crippen LogP contribution in [-0.4, -0.2) is 0 Å². The Hall–Kier alpha value is -5.40. The number of fused-ring (bicyclic) bond motifs is 4. The number of nitrogens with zero attached hydrogens (tertiary/aromatic N) is 1. The molecule has 4 fully saturated rings. The molecule has 0 unspecified atom stereocenters. The van der Waals surface area contributed by atoms with Crippen LogP contribution in [0.3, 0.4) is 0 Å². The predicted molar refractivity (Wildman–Crippen MR) is 213 cm³/mol. The highest BCUT2D eigenvalue weighted by molar-refractivity contribution is 5.90. The lowest BCUT2D eigenvalue weighted by molar-refractivity contribution is -0.0399. The molecule has 0 atom stereocenters. The van der Waals surface area contributed by atoms with Gasteiger partial charge in [-0.2, -0.15) is 0 Å².